The first-order valence-electron chi connectivity index (χ1n) is 15.8. The number of aromatic nitrogens is 1. The number of aliphatic hydroxyl groups excluding tert-OH is 1. The van der Waals surface area contributed by atoms with E-state index in [2.05, 4.69) is 16.7 Å². The summed E-state index contributed by atoms with van der Waals surface area (Å²) in [5, 5.41) is 14.9. The van der Waals surface area contributed by atoms with Crippen LogP contribution < -0.4 is 10.6 Å². The molecule has 2 heterocycles. The molecule has 5 aromatic rings. The number of nitrogens with one attached hydrogen (secondary N) is 2. The smallest absolute Gasteiger partial charge is 0.325 e. The molecule has 0 spiro atoms. The number of fused-ring (bicyclic) bond motifs is 1. The zero-order chi connectivity index (χ0) is 33.3. The highest BCUT2D eigenvalue weighted by Gasteiger charge is 2.32. The summed E-state index contributed by atoms with van der Waals surface area (Å²) < 4.78 is 20.2. The van der Waals surface area contributed by atoms with E-state index in [1.807, 2.05) is 91.0 Å². The minimum absolute atomic E-state index is 0.00675. The number of aliphatic hydroxyl groups is 1. The van der Waals surface area contributed by atoms with E-state index < -0.39 is 18.3 Å². The molecule has 1 aromatic heterocycles. The predicted octanol–water partition coefficient (Wildman–Crippen LogP) is 7.16. The number of para-hydroxylation sites is 1. The van der Waals surface area contributed by atoms with Crippen LogP contribution in [0.15, 0.2) is 101 Å². The second kappa shape index (κ2) is 16.2. The molecule has 1 aliphatic heterocycles. The maximum absolute atomic E-state index is 12.3. The minimum atomic E-state index is -0.573. The summed E-state index contributed by atoms with van der Waals surface area (Å²) in [5.41, 5.74) is 6.70. The Hall–Kier alpha value is -4.26. The summed E-state index contributed by atoms with van der Waals surface area (Å²) >= 11 is 3.40. The minimum Gasteiger partial charge on any atom is -0.465 e. The number of rotatable bonds is 12. The Morgan fingerprint density at radius 3 is 2.46 bits per heavy atom. The number of amides is 2. The van der Waals surface area contributed by atoms with Crippen molar-refractivity contribution in [3.63, 3.8) is 0 Å². The van der Waals surface area contributed by atoms with Gasteiger partial charge >= 0.3 is 12.0 Å². The van der Waals surface area contributed by atoms with Crippen molar-refractivity contribution in [1.82, 2.24) is 15.6 Å². The first kappa shape index (κ1) is 33.6. The van der Waals surface area contributed by atoms with Gasteiger partial charge in [0.05, 0.1) is 35.6 Å². The van der Waals surface area contributed by atoms with Gasteiger partial charge in [0.15, 0.2) is 10.6 Å². The number of carbonyl (C=O) groups is 2. The van der Waals surface area contributed by atoms with Gasteiger partial charge in [-0.2, -0.15) is 0 Å². The summed E-state index contributed by atoms with van der Waals surface area (Å²) in [5.74, 6) is 0.250. The van der Waals surface area contributed by atoms with Gasteiger partial charge in [-0.15, -0.1) is 11.3 Å². The molecule has 1 saturated heterocycles. The molecule has 1 fully saturated rings. The lowest BCUT2D eigenvalue weighted by Gasteiger charge is -2.36. The third kappa shape index (κ3) is 8.60. The Morgan fingerprint density at radius 2 is 1.69 bits per heavy atom. The van der Waals surface area contributed by atoms with Crippen molar-refractivity contribution < 1.29 is 28.9 Å². The topological polar surface area (TPSA) is 119 Å². The molecule has 3 unspecified atom stereocenters. The molecule has 1 aliphatic rings. The molecule has 0 saturated carbocycles. The number of nitrogens with zero attached hydrogens (tertiary/aromatic N) is 1. The number of ether oxygens (including phenoxy) is 3. The second-order valence-corrected chi connectivity index (χ2v) is 13.5. The van der Waals surface area contributed by atoms with Crippen molar-refractivity contribution in [3.05, 3.63) is 119 Å². The van der Waals surface area contributed by atoms with Crippen LogP contribution in [-0.4, -0.2) is 47.1 Å². The highest BCUT2D eigenvalue weighted by atomic mass is 32.2. The molecule has 3 atom stereocenters. The van der Waals surface area contributed by atoms with Gasteiger partial charge in [-0.05, 0) is 46.9 Å². The van der Waals surface area contributed by atoms with Gasteiger partial charge in [0.1, 0.15) is 6.54 Å². The fourth-order valence-electron chi connectivity index (χ4n) is 5.48. The first-order chi connectivity index (χ1) is 23.5. The highest BCUT2D eigenvalue weighted by Crippen LogP contribution is 2.40. The molecular weight excluding hydrogens is 647 g/mol. The van der Waals surface area contributed by atoms with E-state index in [0.717, 1.165) is 49.0 Å². The van der Waals surface area contributed by atoms with E-state index >= 15 is 0 Å². The van der Waals surface area contributed by atoms with Crippen molar-refractivity contribution in [2.75, 3.05) is 18.9 Å². The van der Waals surface area contributed by atoms with Crippen LogP contribution in [0.3, 0.4) is 0 Å². The number of carbonyl (C=O) groups excluding carboxylic acids is 2. The van der Waals surface area contributed by atoms with Crippen molar-refractivity contribution in [2.45, 2.75) is 49.3 Å². The maximum Gasteiger partial charge on any atom is 0.325 e. The summed E-state index contributed by atoms with van der Waals surface area (Å²) in [6.45, 7) is 2.07. The third-order valence-electron chi connectivity index (χ3n) is 7.93. The second-order valence-electron chi connectivity index (χ2n) is 11.2. The molecule has 4 aromatic carbocycles. The molecule has 2 amide bonds. The summed E-state index contributed by atoms with van der Waals surface area (Å²) in [6.07, 6.45) is -0.140. The molecular formula is C37H37N3O6S2. The lowest BCUT2D eigenvalue weighted by molar-refractivity contribution is -0.245. The van der Waals surface area contributed by atoms with E-state index in [1.165, 1.54) is 4.70 Å². The number of thioether (sulfide) groups is 1. The Labute approximate surface area is 287 Å². The zero-order valence-electron chi connectivity index (χ0n) is 26.5. The van der Waals surface area contributed by atoms with Crippen molar-refractivity contribution >= 4 is 45.3 Å². The van der Waals surface area contributed by atoms with Gasteiger partial charge < -0.3 is 30.0 Å². The zero-order valence-corrected chi connectivity index (χ0v) is 28.1. The van der Waals surface area contributed by atoms with E-state index in [-0.39, 0.29) is 38.5 Å². The lowest BCUT2D eigenvalue weighted by Crippen LogP contribution is -2.38. The average molecular weight is 684 g/mol. The number of hydrogen-bond acceptors (Lipinski definition) is 9. The van der Waals surface area contributed by atoms with E-state index in [0.29, 0.717) is 6.42 Å². The molecule has 9 nitrogen and oxygen atoms in total. The maximum atomic E-state index is 12.3. The number of urea groups is 1. The number of thiazole rings is 1. The van der Waals surface area contributed by atoms with Crippen molar-refractivity contribution in [1.29, 1.82) is 0 Å². The molecule has 0 radical (unpaired) electrons. The Morgan fingerprint density at radius 1 is 0.938 bits per heavy atom. The van der Waals surface area contributed by atoms with Crippen LogP contribution in [0.2, 0.25) is 0 Å². The van der Waals surface area contributed by atoms with Crippen molar-refractivity contribution in [3.8, 4) is 11.1 Å². The molecule has 248 valence electrons. The fraction of sp³-hybridized carbons (Fsp3) is 0.270. The number of esters is 1. The van der Waals surface area contributed by atoms with Crippen LogP contribution in [0.1, 0.15) is 48.0 Å². The van der Waals surface area contributed by atoms with Crippen LogP contribution >= 0.6 is 23.1 Å². The average Bonchev–Trinajstić information content (AvgIpc) is 3.56. The Balaban J connectivity index is 1.15. The van der Waals surface area contributed by atoms with E-state index in [1.54, 1.807) is 30.0 Å². The molecule has 0 aliphatic carbocycles. The molecule has 11 heteroatoms. The van der Waals surface area contributed by atoms with Gasteiger partial charge in [0.2, 0.25) is 0 Å². The van der Waals surface area contributed by atoms with Crippen LogP contribution in [0, 0.1) is 0 Å². The quantitative estimate of drug-likeness (QED) is 0.0937. The predicted molar refractivity (Wildman–Crippen MR) is 188 cm³/mol. The van der Waals surface area contributed by atoms with Gasteiger partial charge in [0, 0.05) is 24.3 Å². The van der Waals surface area contributed by atoms with Crippen LogP contribution in [0.25, 0.3) is 21.3 Å². The van der Waals surface area contributed by atoms with Gasteiger partial charge in [-0.3, -0.25) is 4.79 Å². The number of benzene rings is 4. The molecule has 48 heavy (non-hydrogen) atoms. The van der Waals surface area contributed by atoms with Crippen molar-refractivity contribution in [2.24, 2.45) is 0 Å². The van der Waals surface area contributed by atoms with Gasteiger partial charge in [-0.1, -0.05) is 96.7 Å². The van der Waals surface area contributed by atoms with Gasteiger partial charge in [-0.25, -0.2) is 9.78 Å². The van der Waals surface area contributed by atoms with Gasteiger partial charge in [0.25, 0.3) is 0 Å². The third-order valence-corrected chi connectivity index (χ3v) is 10.2. The van der Waals surface area contributed by atoms with Crippen LogP contribution in [0.4, 0.5) is 4.79 Å². The first-order valence-corrected chi connectivity index (χ1v) is 17.6. The lowest BCUT2D eigenvalue weighted by atomic mass is 9.98. The molecule has 0 bridgehead atoms. The van der Waals surface area contributed by atoms with E-state index in [4.69, 9.17) is 19.2 Å². The SMILES string of the molecule is CCOC(=O)CNC(=O)NCc1ccccc1-c1ccc(C2OC(CSc3nc4ccccc4s3)CC(c3ccc(CO)cc3)O2)cc1. The van der Waals surface area contributed by atoms with Crippen LogP contribution in [0.5, 0.6) is 0 Å². The Bertz CT molecular complexity index is 1800. The fourth-order valence-corrected chi connectivity index (χ4v) is 7.59. The summed E-state index contributed by atoms with van der Waals surface area (Å²) in [7, 11) is 0. The standard InChI is InChI=1S/C37H37N3O6S2/c1-2-44-34(42)21-39-36(43)38-20-28-7-3-4-8-30(28)25-15-17-27(18-16-25)35-45-29(19-32(46-35)26-13-11-24(22-41)12-14-26)23-47-37-40-31-9-5-6-10-33(31)48-37/h3-18,29,32,35,41H,2,19-23H2,1H3,(H2,38,39,43). The summed E-state index contributed by atoms with van der Waals surface area (Å²) in [6, 6.07) is 31.6. The largest absolute Gasteiger partial charge is 0.465 e. The number of hydrogen-bond donors (Lipinski definition) is 3. The molecule has 3 N–H and O–H groups in total. The normalized spacial score (nSPS) is 17.6. The van der Waals surface area contributed by atoms with Crippen LogP contribution in [-0.2, 0) is 32.2 Å². The monoisotopic (exact) mass is 683 g/mol. The summed E-state index contributed by atoms with van der Waals surface area (Å²) in [4.78, 5) is 28.6. The molecule has 6 rings (SSSR count). The highest BCUT2D eigenvalue weighted by molar-refractivity contribution is 8.01. The Kier molecular flexibility index (Phi) is 11.4. The van der Waals surface area contributed by atoms with E-state index in [9.17, 15) is 14.7 Å².